The van der Waals surface area contributed by atoms with Crippen molar-refractivity contribution in [3.8, 4) is 0 Å². The van der Waals surface area contributed by atoms with E-state index < -0.39 is 7.52 Å². The number of rotatable bonds is 2. The minimum absolute atomic E-state index is 0.632. The zero-order valence-corrected chi connectivity index (χ0v) is 10.00. The standard InChI is InChI=1S/C7H18N3O2P/c1-9(2)7(10(3)4)8-13(6,11)12-5/h1-6H3. The lowest BCUT2D eigenvalue weighted by Crippen LogP contribution is -2.35. The van der Waals surface area contributed by atoms with Crippen molar-refractivity contribution in [2.75, 3.05) is 42.0 Å². The van der Waals surface area contributed by atoms with Crippen LogP contribution in [0.15, 0.2) is 4.76 Å². The summed E-state index contributed by atoms with van der Waals surface area (Å²) < 4.78 is 20.3. The van der Waals surface area contributed by atoms with Crippen molar-refractivity contribution < 1.29 is 9.09 Å². The second kappa shape index (κ2) is 4.63. The number of hydrogen-bond acceptors (Lipinski definition) is 2. The molecule has 0 aromatic carbocycles. The van der Waals surface area contributed by atoms with Gasteiger partial charge in [0.05, 0.1) is 0 Å². The summed E-state index contributed by atoms with van der Waals surface area (Å²) in [5.74, 6) is 0.632. The molecule has 6 heteroatoms. The van der Waals surface area contributed by atoms with E-state index in [2.05, 4.69) is 4.76 Å². The molecule has 0 aliphatic heterocycles. The van der Waals surface area contributed by atoms with Gasteiger partial charge in [-0.1, -0.05) is 0 Å². The van der Waals surface area contributed by atoms with Crippen LogP contribution in [0.5, 0.6) is 0 Å². The van der Waals surface area contributed by atoms with E-state index in [1.807, 2.05) is 28.2 Å². The lowest BCUT2D eigenvalue weighted by atomic mass is 10.7. The second-order valence-electron chi connectivity index (χ2n) is 3.17. The van der Waals surface area contributed by atoms with E-state index in [0.29, 0.717) is 5.96 Å². The maximum Gasteiger partial charge on any atom is 0.314 e. The van der Waals surface area contributed by atoms with Crippen LogP contribution in [0.3, 0.4) is 0 Å². The van der Waals surface area contributed by atoms with E-state index in [-0.39, 0.29) is 0 Å². The van der Waals surface area contributed by atoms with E-state index in [9.17, 15) is 4.57 Å². The summed E-state index contributed by atoms with van der Waals surface area (Å²) in [6.07, 6.45) is 0. The summed E-state index contributed by atoms with van der Waals surface area (Å²) in [6.45, 7) is 1.49. The maximum atomic E-state index is 11.5. The molecule has 0 saturated heterocycles. The first kappa shape index (κ1) is 12.5. The van der Waals surface area contributed by atoms with Gasteiger partial charge in [-0.2, -0.15) is 4.76 Å². The third-order valence-corrected chi connectivity index (χ3v) is 2.63. The molecule has 13 heavy (non-hydrogen) atoms. The van der Waals surface area contributed by atoms with Crippen molar-refractivity contribution in [2.24, 2.45) is 4.76 Å². The first-order valence-electron chi connectivity index (χ1n) is 3.88. The smallest absolute Gasteiger partial charge is 0.314 e. The van der Waals surface area contributed by atoms with E-state index in [0.717, 1.165) is 0 Å². The Hall–Kier alpha value is -0.540. The Morgan fingerprint density at radius 1 is 1.23 bits per heavy atom. The van der Waals surface area contributed by atoms with Gasteiger partial charge in [0.15, 0.2) is 0 Å². The first-order chi connectivity index (χ1) is 5.80. The van der Waals surface area contributed by atoms with Crippen molar-refractivity contribution in [1.82, 2.24) is 9.80 Å². The summed E-state index contributed by atoms with van der Waals surface area (Å²) in [7, 11) is 5.93. The summed E-state index contributed by atoms with van der Waals surface area (Å²) in [5, 5.41) is 0. The number of guanidine groups is 1. The monoisotopic (exact) mass is 207 g/mol. The van der Waals surface area contributed by atoms with Gasteiger partial charge in [-0.05, 0) is 0 Å². The second-order valence-corrected chi connectivity index (χ2v) is 5.35. The summed E-state index contributed by atoms with van der Waals surface area (Å²) >= 11 is 0. The van der Waals surface area contributed by atoms with Gasteiger partial charge in [-0.15, -0.1) is 0 Å². The highest BCUT2D eigenvalue weighted by atomic mass is 31.2. The molecular weight excluding hydrogens is 189 g/mol. The van der Waals surface area contributed by atoms with Gasteiger partial charge in [0.1, 0.15) is 0 Å². The van der Waals surface area contributed by atoms with Gasteiger partial charge in [-0.3, -0.25) is 4.57 Å². The van der Waals surface area contributed by atoms with E-state index >= 15 is 0 Å². The predicted molar refractivity (Wildman–Crippen MR) is 55.3 cm³/mol. The van der Waals surface area contributed by atoms with Crippen LogP contribution < -0.4 is 0 Å². The lowest BCUT2D eigenvalue weighted by Gasteiger charge is -2.23. The van der Waals surface area contributed by atoms with Crippen molar-refractivity contribution >= 4 is 13.5 Å². The lowest BCUT2D eigenvalue weighted by molar-refractivity contribution is 0.396. The fraction of sp³-hybridized carbons (Fsp3) is 0.857. The molecule has 0 radical (unpaired) electrons. The normalized spacial score (nSPS) is 14.6. The summed E-state index contributed by atoms with van der Waals surface area (Å²) in [4.78, 5) is 3.57. The minimum atomic E-state index is -2.83. The molecule has 0 fully saturated rings. The highest BCUT2D eigenvalue weighted by Gasteiger charge is 2.15. The molecule has 0 N–H and O–H groups in total. The maximum absolute atomic E-state index is 11.5. The van der Waals surface area contributed by atoms with Crippen LogP contribution in [0, 0.1) is 0 Å². The van der Waals surface area contributed by atoms with Gasteiger partial charge < -0.3 is 14.3 Å². The fourth-order valence-corrected chi connectivity index (χ4v) is 1.55. The molecule has 0 spiro atoms. The molecule has 0 bridgehead atoms. The fourth-order valence-electron chi connectivity index (χ4n) is 0.782. The van der Waals surface area contributed by atoms with Crippen LogP contribution >= 0.6 is 7.52 Å². The molecule has 78 valence electrons. The van der Waals surface area contributed by atoms with E-state index in [1.54, 1.807) is 9.80 Å². The minimum Gasteiger partial charge on any atom is -0.349 e. The zero-order chi connectivity index (χ0) is 10.6. The van der Waals surface area contributed by atoms with Crippen molar-refractivity contribution in [2.45, 2.75) is 0 Å². The Morgan fingerprint density at radius 3 is 1.85 bits per heavy atom. The molecule has 0 saturated carbocycles. The van der Waals surface area contributed by atoms with Crippen LogP contribution in [-0.4, -0.2) is 57.7 Å². The average molecular weight is 207 g/mol. The first-order valence-corrected chi connectivity index (χ1v) is 5.91. The molecule has 0 aromatic rings. The summed E-state index contributed by atoms with van der Waals surface area (Å²) in [5.41, 5.74) is 0. The molecule has 0 heterocycles. The van der Waals surface area contributed by atoms with Crippen molar-refractivity contribution in [3.05, 3.63) is 0 Å². The van der Waals surface area contributed by atoms with Gasteiger partial charge >= 0.3 is 7.52 Å². The Kier molecular flexibility index (Phi) is 4.44. The van der Waals surface area contributed by atoms with E-state index in [1.165, 1.54) is 13.8 Å². The molecule has 5 nitrogen and oxygen atoms in total. The van der Waals surface area contributed by atoms with Gasteiger partial charge in [0.2, 0.25) is 5.96 Å². The molecule has 0 aliphatic carbocycles. The zero-order valence-electron chi connectivity index (χ0n) is 9.11. The third kappa shape index (κ3) is 4.29. The summed E-state index contributed by atoms with van der Waals surface area (Å²) in [6, 6.07) is 0. The molecule has 1 atom stereocenters. The van der Waals surface area contributed by atoms with Crippen molar-refractivity contribution in [1.29, 1.82) is 0 Å². The quantitative estimate of drug-likeness (QED) is 0.384. The third-order valence-electron chi connectivity index (χ3n) is 1.41. The Bertz CT molecular complexity index is 228. The van der Waals surface area contributed by atoms with Gasteiger partial charge in [0, 0.05) is 42.0 Å². The van der Waals surface area contributed by atoms with Crippen LogP contribution in [0.4, 0.5) is 0 Å². The number of hydrogen-bond donors (Lipinski definition) is 0. The molecule has 0 aromatic heterocycles. The molecule has 0 rings (SSSR count). The van der Waals surface area contributed by atoms with Gasteiger partial charge in [-0.25, -0.2) is 0 Å². The van der Waals surface area contributed by atoms with Crippen LogP contribution in [0.1, 0.15) is 0 Å². The van der Waals surface area contributed by atoms with Crippen molar-refractivity contribution in [3.63, 3.8) is 0 Å². The highest BCUT2D eigenvalue weighted by molar-refractivity contribution is 7.56. The molecule has 0 amide bonds. The van der Waals surface area contributed by atoms with Crippen LogP contribution in [0.2, 0.25) is 0 Å². The Balaban J connectivity index is 4.84. The van der Waals surface area contributed by atoms with Crippen LogP contribution in [-0.2, 0) is 9.09 Å². The number of nitrogens with zero attached hydrogens (tertiary/aromatic N) is 3. The SMILES string of the molecule is COP(C)(=O)N=C(N(C)C)N(C)C. The molecule has 0 aliphatic rings. The Morgan fingerprint density at radius 2 is 1.62 bits per heavy atom. The van der Waals surface area contributed by atoms with E-state index in [4.69, 9.17) is 4.52 Å². The average Bonchev–Trinajstić information content (AvgIpc) is 1.99. The predicted octanol–water partition coefficient (Wildman–Crippen LogP) is 0.935. The largest absolute Gasteiger partial charge is 0.349 e. The highest BCUT2D eigenvalue weighted by Crippen LogP contribution is 2.43. The van der Waals surface area contributed by atoms with Gasteiger partial charge in [0.25, 0.3) is 0 Å². The Labute approximate surface area is 79.9 Å². The van der Waals surface area contributed by atoms with Crippen LogP contribution in [0.25, 0.3) is 0 Å². The molecular formula is C7H18N3O2P. The molecule has 1 unspecified atom stereocenters. The topological polar surface area (TPSA) is 45.1 Å².